The van der Waals surface area contributed by atoms with Gasteiger partial charge < -0.3 is 29.7 Å². The summed E-state index contributed by atoms with van der Waals surface area (Å²) in [7, 11) is 2.68. The molecule has 0 saturated carbocycles. The first kappa shape index (κ1) is 24.2. The average molecular weight is 435 g/mol. The van der Waals surface area contributed by atoms with Gasteiger partial charge in [0, 0.05) is 17.5 Å². The van der Waals surface area contributed by atoms with Crippen LogP contribution in [-0.4, -0.2) is 54.4 Å². The van der Waals surface area contributed by atoms with E-state index in [4.69, 9.17) is 9.47 Å². The molecule has 0 aromatic heterocycles. The molecule has 0 spiro atoms. The molecule has 9 nitrogen and oxygen atoms in total. The number of carbonyl (C=O) groups excluding carboxylic acids is 3. The topological polar surface area (TPSA) is 131 Å². The second-order valence-corrected chi connectivity index (χ2v) is 7.48. The molecule has 1 aliphatic rings. The van der Waals surface area contributed by atoms with Gasteiger partial charge in [0.1, 0.15) is 23.7 Å². The zero-order chi connectivity index (χ0) is 23.3. The Bertz CT molecular complexity index is 904. The number of phenols is 1. The summed E-state index contributed by atoms with van der Waals surface area (Å²) in [6.07, 6.45) is 1.54. The maximum Gasteiger partial charge on any atom is 0.342 e. The molecular formula is C22H29NO8. The van der Waals surface area contributed by atoms with Crippen molar-refractivity contribution in [2.75, 3.05) is 14.2 Å². The lowest BCUT2D eigenvalue weighted by atomic mass is 9.94. The minimum atomic E-state index is -1.13. The van der Waals surface area contributed by atoms with Gasteiger partial charge in [0.05, 0.1) is 20.3 Å². The van der Waals surface area contributed by atoms with E-state index in [0.717, 1.165) is 11.1 Å². The SMILES string of the molecule is COC(=O)[C@@H](NC(=O)CC/C(C)=C/Cc1c(O)c2c(c(C)c1OC)COC2=O)[C@@H](C)O. The van der Waals surface area contributed by atoms with Gasteiger partial charge in [-0.1, -0.05) is 11.6 Å². The number of hydrogen-bond acceptors (Lipinski definition) is 8. The molecule has 0 aliphatic carbocycles. The first-order valence-corrected chi connectivity index (χ1v) is 9.91. The number of fused-ring (bicyclic) bond motifs is 1. The molecule has 0 radical (unpaired) electrons. The first-order chi connectivity index (χ1) is 14.6. The van der Waals surface area contributed by atoms with Gasteiger partial charge >= 0.3 is 11.9 Å². The third kappa shape index (κ3) is 5.35. The Hall–Kier alpha value is -3.07. The molecule has 0 fully saturated rings. The van der Waals surface area contributed by atoms with Crippen molar-refractivity contribution in [1.29, 1.82) is 0 Å². The molecular weight excluding hydrogens is 406 g/mol. The van der Waals surface area contributed by atoms with E-state index in [9.17, 15) is 24.6 Å². The predicted molar refractivity (Wildman–Crippen MR) is 111 cm³/mol. The molecule has 170 valence electrons. The van der Waals surface area contributed by atoms with Crippen molar-refractivity contribution < 1.29 is 38.8 Å². The molecule has 3 N–H and O–H groups in total. The minimum Gasteiger partial charge on any atom is -0.507 e. The van der Waals surface area contributed by atoms with Crippen molar-refractivity contribution in [3.63, 3.8) is 0 Å². The van der Waals surface area contributed by atoms with Crippen molar-refractivity contribution >= 4 is 17.8 Å². The summed E-state index contributed by atoms with van der Waals surface area (Å²) < 4.78 is 15.1. The van der Waals surface area contributed by atoms with Crippen molar-refractivity contribution in [2.24, 2.45) is 0 Å². The van der Waals surface area contributed by atoms with Gasteiger partial charge in [-0.3, -0.25) is 4.79 Å². The van der Waals surface area contributed by atoms with Crippen LogP contribution in [0.25, 0.3) is 0 Å². The molecule has 1 amide bonds. The highest BCUT2D eigenvalue weighted by atomic mass is 16.5. The number of hydrogen-bond donors (Lipinski definition) is 3. The van der Waals surface area contributed by atoms with Gasteiger partial charge in [-0.05, 0) is 39.2 Å². The summed E-state index contributed by atoms with van der Waals surface area (Å²) in [4.78, 5) is 35.8. The summed E-state index contributed by atoms with van der Waals surface area (Å²) in [5.74, 6) is -1.34. The van der Waals surface area contributed by atoms with Crippen LogP contribution in [0.4, 0.5) is 0 Å². The van der Waals surface area contributed by atoms with Gasteiger partial charge in [-0.25, -0.2) is 9.59 Å². The molecule has 0 unspecified atom stereocenters. The largest absolute Gasteiger partial charge is 0.507 e. The summed E-state index contributed by atoms with van der Waals surface area (Å²) >= 11 is 0. The maximum atomic E-state index is 12.2. The quantitative estimate of drug-likeness (QED) is 0.394. The number of ether oxygens (including phenoxy) is 3. The minimum absolute atomic E-state index is 0.0984. The number of allylic oxidation sites excluding steroid dienone is 2. The van der Waals surface area contributed by atoms with Gasteiger partial charge in [0.2, 0.25) is 5.91 Å². The van der Waals surface area contributed by atoms with Gasteiger partial charge in [0.15, 0.2) is 6.04 Å². The molecule has 0 bridgehead atoms. The number of benzene rings is 1. The molecule has 1 aromatic rings. The standard InChI is InChI=1S/C22H29NO8/c1-11(7-9-16(25)23-18(13(3)24)22(28)30-5)6-8-14-19(26)17-15(10-31-21(17)27)12(2)20(14)29-4/h6,13,18,24,26H,7-10H2,1-5H3,(H,23,25)/b11-6+/t13-,18+/m1/s1. The van der Waals surface area contributed by atoms with Gasteiger partial charge in [-0.15, -0.1) is 0 Å². The Labute approximate surface area is 181 Å². The van der Waals surface area contributed by atoms with Crippen LogP contribution in [-0.2, 0) is 32.1 Å². The Morgan fingerprint density at radius 1 is 1.29 bits per heavy atom. The number of aromatic hydroxyl groups is 1. The Balaban J connectivity index is 2.09. The van der Waals surface area contributed by atoms with Crippen LogP contribution in [0.1, 0.15) is 53.7 Å². The molecule has 1 aliphatic heterocycles. The van der Waals surface area contributed by atoms with Gasteiger partial charge in [0.25, 0.3) is 0 Å². The Morgan fingerprint density at radius 2 is 1.97 bits per heavy atom. The summed E-state index contributed by atoms with van der Waals surface area (Å²) in [6.45, 7) is 5.13. The third-order valence-corrected chi connectivity index (χ3v) is 5.30. The number of esters is 2. The van der Waals surface area contributed by atoms with Crippen LogP contribution in [0.2, 0.25) is 0 Å². The number of rotatable bonds is 9. The van der Waals surface area contributed by atoms with E-state index in [1.807, 2.05) is 19.9 Å². The lowest BCUT2D eigenvalue weighted by molar-refractivity contribution is -0.148. The van der Waals surface area contributed by atoms with Crippen LogP contribution in [0.15, 0.2) is 11.6 Å². The van der Waals surface area contributed by atoms with Crippen LogP contribution in [0, 0.1) is 6.92 Å². The van der Waals surface area contributed by atoms with Gasteiger partial charge in [-0.2, -0.15) is 0 Å². The number of phenolic OH excluding ortho intramolecular Hbond substituents is 1. The predicted octanol–water partition coefficient (Wildman–Crippen LogP) is 1.69. The maximum absolute atomic E-state index is 12.2. The number of aliphatic hydroxyl groups excluding tert-OH is 1. The molecule has 0 saturated heterocycles. The van der Waals surface area contributed by atoms with Crippen LogP contribution in [0.5, 0.6) is 11.5 Å². The highest BCUT2D eigenvalue weighted by molar-refractivity contribution is 5.98. The summed E-state index contributed by atoms with van der Waals surface area (Å²) in [5, 5.41) is 22.7. The molecule has 2 atom stereocenters. The normalized spacial score (nSPS) is 15.0. The number of nitrogens with one attached hydrogen (secondary N) is 1. The van der Waals surface area contributed by atoms with E-state index in [1.165, 1.54) is 21.1 Å². The van der Waals surface area contributed by atoms with E-state index in [2.05, 4.69) is 10.1 Å². The first-order valence-electron chi connectivity index (χ1n) is 9.91. The Morgan fingerprint density at radius 3 is 2.55 bits per heavy atom. The van der Waals surface area contributed by atoms with E-state index in [-0.39, 0.29) is 24.3 Å². The summed E-state index contributed by atoms with van der Waals surface area (Å²) in [5.41, 5.74) is 2.88. The van der Waals surface area contributed by atoms with Crippen LogP contribution in [0.3, 0.4) is 0 Å². The smallest absolute Gasteiger partial charge is 0.342 e. The lowest BCUT2D eigenvalue weighted by Crippen LogP contribution is -2.48. The number of amides is 1. The molecule has 1 heterocycles. The number of carbonyl (C=O) groups is 3. The molecule has 9 heteroatoms. The molecule has 31 heavy (non-hydrogen) atoms. The molecule has 1 aromatic carbocycles. The fraction of sp³-hybridized carbons (Fsp3) is 0.500. The monoisotopic (exact) mass is 435 g/mol. The van der Waals surface area contributed by atoms with Crippen molar-refractivity contribution in [3.8, 4) is 11.5 Å². The van der Waals surface area contributed by atoms with E-state index >= 15 is 0 Å². The van der Waals surface area contributed by atoms with Crippen molar-refractivity contribution in [3.05, 3.63) is 33.9 Å². The highest BCUT2D eigenvalue weighted by Gasteiger charge is 2.32. The Kier molecular flexibility index (Phi) is 8.04. The zero-order valence-corrected chi connectivity index (χ0v) is 18.4. The summed E-state index contributed by atoms with van der Waals surface area (Å²) in [6, 6.07) is -1.13. The second-order valence-electron chi connectivity index (χ2n) is 7.48. The van der Waals surface area contributed by atoms with E-state index < -0.39 is 30.0 Å². The number of cyclic esters (lactones) is 1. The van der Waals surface area contributed by atoms with Crippen LogP contribution >= 0.6 is 0 Å². The fourth-order valence-electron chi connectivity index (χ4n) is 3.47. The molecule has 2 rings (SSSR count). The van der Waals surface area contributed by atoms with Crippen molar-refractivity contribution in [2.45, 2.75) is 58.8 Å². The highest BCUT2D eigenvalue weighted by Crippen LogP contribution is 2.42. The van der Waals surface area contributed by atoms with E-state index in [1.54, 1.807) is 0 Å². The van der Waals surface area contributed by atoms with Crippen LogP contribution < -0.4 is 10.1 Å². The number of methoxy groups -OCH3 is 2. The van der Waals surface area contributed by atoms with E-state index in [0.29, 0.717) is 29.7 Å². The zero-order valence-electron chi connectivity index (χ0n) is 18.4. The second kappa shape index (κ2) is 10.3. The van der Waals surface area contributed by atoms with Crippen molar-refractivity contribution in [1.82, 2.24) is 5.32 Å². The fourth-order valence-corrected chi connectivity index (χ4v) is 3.47. The number of aliphatic hydroxyl groups is 1. The lowest BCUT2D eigenvalue weighted by Gasteiger charge is -2.19. The third-order valence-electron chi connectivity index (χ3n) is 5.30. The average Bonchev–Trinajstić information content (AvgIpc) is 3.13.